The standard InChI is InChI=1S/C134H164BN3/c1-75(2)89-60-106(79(9)10)123(107(61-89)80(11)12)102-45-42-46-103(124-108(81(13)14)62-90(76(3)4)63-109(124)82(15)16)128(102)137-119-53-50-87(93-56-96(131(28,29)30)70-97(57-93)132(31,32)33)68-115(119)135-116-69-88(94-58-98(133(34,35)36)71-99(59-94)134(37,38)39)51-54-120(116)138(122-74-100(73-121(137)127(122)135)136-117-49-41-40-44-101(117)114-72-95(130(25,26)27)52-55-118(114)136)129-104(125-110(83(17)18)64-91(77(5)6)65-111(125)84(19)20)47-43-48-105(129)126-112(85(21)22)66-92(78(7)8)67-113(126)86(23)24/h40-86H,1-39H3/i40D,41D,44D,49D. The van der Waals surface area contributed by atoms with Gasteiger partial charge in [0.05, 0.1) is 33.6 Å². The largest absolute Gasteiger partial charge is 0.310 e. The molecule has 0 amide bonds. The second-order valence-electron chi connectivity index (χ2n) is 50.2. The summed E-state index contributed by atoms with van der Waals surface area (Å²) in [5.74, 6) is 1.84. The lowest BCUT2D eigenvalue weighted by molar-refractivity contribution is 0.568. The van der Waals surface area contributed by atoms with Gasteiger partial charge in [0.2, 0.25) is 0 Å². The molecule has 718 valence electrons. The summed E-state index contributed by atoms with van der Waals surface area (Å²) in [5, 5.41) is 1.27. The van der Waals surface area contributed by atoms with Crippen LogP contribution in [-0.4, -0.2) is 11.3 Å². The van der Waals surface area contributed by atoms with Crippen LogP contribution in [0.15, 0.2) is 212 Å². The average molecular weight is 1830 g/mol. The molecule has 0 unspecified atom stereocenters. The topological polar surface area (TPSA) is 11.4 Å². The highest BCUT2D eigenvalue weighted by molar-refractivity contribution is 7.00. The highest BCUT2D eigenvalue weighted by Crippen LogP contribution is 2.60. The van der Waals surface area contributed by atoms with Crippen LogP contribution in [0.4, 0.5) is 34.1 Å². The van der Waals surface area contributed by atoms with Gasteiger partial charge in [-0.05, 0) is 296 Å². The molecule has 0 bridgehead atoms. The van der Waals surface area contributed by atoms with Gasteiger partial charge in [-0.25, -0.2) is 0 Å². The van der Waals surface area contributed by atoms with Gasteiger partial charge in [-0.15, -0.1) is 0 Å². The molecule has 2 aliphatic rings. The molecule has 138 heavy (non-hydrogen) atoms. The first-order valence-electron chi connectivity index (χ1n) is 54.6. The Morgan fingerprint density at radius 2 is 0.529 bits per heavy atom. The SMILES string of the molecule is [2H]c1c([2H])c([2H])c2c(c1[2H])c1cc(C(C)(C)C)ccc1n2-c1cc2c3c(c1)N(c1c(-c4c(C(C)C)cc(C(C)C)cc4C(C)C)cccc1-c1c(C(C)C)cc(C(C)C)cc1C(C)C)c1ccc(-c4cc(C(C)(C)C)cc(C(C)(C)C)c4)cc1B3c1cc(-c3cc(C(C)(C)C)cc(C(C)(C)C)c3)ccc1N2c1c(-c2c(C(C)C)cc(C(C)C)cc2C(C)C)cccc1-c1c(C(C)C)cc(C(C)C)cc1C(C)C. The van der Waals surface area contributed by atoms with Crippen LogP contribution >= 0.6 is 0 Å². The molecule has 2 aliphatic heterocycles. The Hall–Kier alpha value is -10.7. The van der Waals surface area contributed by atoms with Gasteiger partial charge in [0, 0.05) is 55.8 Å². The third-order valence-corrected chi connectivity index (χ3v) is 30.7. The van der Waals surface area contributed by atoms with Crippen LogP contribution in [0, 0.1) is 0 Å². The summed E-state index contributed by atoms with van der Waals surface area (Å²) < 4.78 is 43.5. The van der Waals surface area contributed by atoms with E-state index < -0.39 is 6.71 Å². The van der Waals surface area contributed by atoms with Crippen molar-refractivity contribution in [2.24, 2.45) is 0 Å². The molecular formula is C134H164BN3. The lowest BCUT2D eigenvalue weighted by Gasteiger charge is -2.46. The van der Waals surface area contributed by atoms with Gasteiger partial charge in [0.25, 0.3) is 6.71 Å². The number of hydrogen-bond donors (Lipinski definition) is 0. The maximum atomic E-state index is 10.8. The van der Waals surface area contributed by atoms with E-state index >= 15 is 0 Å². The summed E-state index contributed by atoms with van der Waals surface area (Å²) in [5.41, 5.74) is 47.0. The van der Waals surface area contributed by atoms with E-state index in [-0.39, 0.29) is 122 Å². The molecule has 13 aromatic carbocycles. The summed E-state index contributed by atoms with van der Waals surface area (Å²) in [6, 6.07) is 76.6. The number of benzene rings is 13. The molecular weight excluding hydrogens is 1660 g/mol. The molecule has 0 saturated heterocycles. The molecule has 0 aliphatic carbocycles. The number of anilines is 6. The van der Waals surface area contributed by atoms with Crippen LogP contribution < -0.4 is 26.2 Å². The number of aromatic nitrogens is 1. The molecule has 0 radical (unpaired) electrons. The second kappa shape index (κ2) is 37.1. The van der Waals surface area contributed by atoms with Crippen molar-refractivity contribution in [3.05, 3.63) is 307 Å². The molecule has 14 aromatic rings. The van der Waals surface area contributed by atoms with Crippen molar-refractivity contribution in [3.8, 4) is 72.4 Å². The Morgan fingerprint density at radius 3 is 0.797 bits per heavy atom. The monoisotopic (exact) mass is 1830 g/mol. The first kappa shape index (κ1) is 94.9. The van der Waals surface area contributed by atoms with Crippen LogP contribution in [0.1, 0.15) is 441 Å². The number of rotatable bonds is 21. The minimum absolute atomic E-state index is 0.0584. The maximum absolute atomic E-state index is 10.8. The first-order valence-corrected chi connectivity index (χ1v) is 52.6. The first-order chi connectivity index (χ1) is 66.2. The predicted molar refractivity (Wildman–Crippen MR) is 610 cm³/mol. The Labute approximate surface area is 840 Å². The minimum Gasteiger partial charge on any atom is -0.310 e. The van der Waals surface area contributed by atoms with Crippen LogP contribution in [0.5, 0.6) is 0 Å². The number of hydrogen-bond acceptors (Lipinski definition) is 2. The Balaban J connectivity index is 1.27. The fraction of sp³-hybridized carbons (Fsp3) is 0.418. The fourth-order valence-corrected chi connectivity index (χ4v) is 22.2. The summed E-state index contributed by atoms with van der Waals surface area (Å²) in [4.78, 5) is 5.59. The second-order valence-corrected chi connectivity index (χ2v) is 50.2. The normalized spacial score (nSPS) is 13.9. The molecule has 0 atom stereocenters. The molecule has 16 rings (SSSR count). The summed E-state index contributed by atoms with van der Waals surface area (Å²) in [6.07, 6.45) is 0. The number of para-hydroxylation sites is 3. The average Bonchev–Trinajstić information content (AvgIpc) is 1.34. The van der Waals surface area contributed by atoms with E-state index in [4.69, 9.17) is 0 Å². The van der Waals surface area contributed by atoms with Gasteiger partial charge in [-0.3, -0.25) is 0 Å². The lowest BCUT2D eigenvalue weighted by Crippen LogP contribution is -2.61. The van der Waals surface area contributed by atoms with Crippen molar-refractivity contribution in [1.82, 2.24) is 4.57 Å². The van der Waals surface area contributed by atoms with E-state index in [2.05, 4.69) is 472 Å². The molecule has 4 heteroatoms. The van der Waals surface area contributed by atoms with Crippen LogP contribution in [-0.2, 0) is 27.1 Å². The molecule has 1 aromatic heterocycles. The van der Waals surface area contributed by atoms with E-state index in [9.17, 15) is 5.48 Å². The Kier molecular flexibility index (Phi) is 25.5. The van der Waals surface area contributed by atoms with Crippen molar-refractivity contribution in [3.63, 3.8) is 0 Å². The van der Waals surface area contributed by atoms with E-state index in [1.807, 2.05) is 0 Å². The van der Waals surface area contributed by atoms with Crippen molar-refractivity contribution < 1.29 is 5.48 Å². The smallest absolute Gasteiger partial charge is 0.252 e. The number of nitrogens with zero attached hydrogens (tertiary/aromatic N) is 3. The van der Waals surface area contributed by atoms with E-state index in [0.29, 0.717) is 10.9 Å². The summed E-state index contributed by atoms with van der Waals surface area (Å²) >= 11 is 0. The van der Waals surface area contributed by atoms with Crippen LogP contribution in [0.2, 0.25) is 0 Å². The quantitative estimate of drug-likeness (QED) is 0.0664. The van der Waals surface area contributed by atoms with Crippen LogP contribution in [0.25, 0.3) is 94.3 Å². The van der Waals surface area contributed by atoms with E-state index in [0.717, 1.165) is 95.1 Å². The number of fused-ring (bicyclic) bond motifs is 7. The van der Waals surface area contributed by atoms with Gasteiger partial charge in [0.15, 0.2) is 0 Å². The molecule has 3 heterocycles. The predicted octanol–water partition coefficient (Wildman–Crippen LogP) is 38.8. The van der Waals surface area contributed by atoms with Crippen molar-refractivity contribution in [2.45, 2.75) is 368 Å². The molecule has 0 saturated carbocycles. The zero-order valence-electron chi connectivity index (χ0n) is 95.7. The lowest BCUT2D eigenvalue weighted by atomic mass is 9.33. The third kappa shape index (κ3) is 18.3. The van der Waals surface area contributed by atoms with E-state index in [1.165, 1.54) is 133 Å². The van der Waals surface area contributed by atoms with Crippen LogP contribution in [0.3, 0.4) is 0 Å². The minimum atomic E-state index is -0.496. The maximum Gasteiger partial charge on any atom is 0.252 e. The summed E-state index contributed by atoms with van der Waals surface area (Å²) in [6.45, 7) is 92.2. The van der Waals surface area contributed by atoms with Gasteiger partial charge < -0.3 is 14.4 Å². The zero-order valence-corrected chi connectivity index (χ0v) is 91.7. The molecule has 0 spiro atoms. The van der Waals surface area contributed by atoms with Crippen molar-refractivity contribution >= 4 is 79.0 Å². The molecule has 0 fully saturated rings. The summed E-state index contributed by atoms with van der Waals surface area (Å²) in [7, 11) is 0. The van der Waals surface area contributed by atoms with Gasteiger partial charge >= 0.3 is 0 Å². The van der Waals surface area contributed by atoms with Gasteiger partial charge in [-0.2, -0.15) is 0 Å². The fourth-order valence-electron chi connectivity index (χ4n) is 22.2. The van der Waals surface area contributed by atoms with Gasteiger partial charge in [-0.1, -0.05) is 440 Å². The highest BCUT2D eigenvalue weighted by atomic mass is 15.2. The zero-order chi connectivity index (χ0) is 104. The van der Waals surface area contributed by atoms with Crippen molar-refractivity contribution in [2.75, 3.05) is 9.80 Å². The van der Waals surface area contributed by atoms with Gasteiger partial charge in [0.1, 0.15) is 0 Å². The Morgan fingerprint density at radius 1 is 0.246 bits per heavy atom. The third-order valence-electron chi connectivity index (χ3n) is 30.7. The molecule has 3 nitrogen and oxygen atoms in total. The molecule has 0 N–H and O–H groups in total. The van der Waals surface area contributed by atoms with Crippen molar-refractivity contribution in [1.29, 1.82) is 0 Å². The van der Waals surface area contributed by atoms with E-state index in [1.54, 1.807) is 0 Å². The highest BCUT2D eigenvalue weighted by Gasteiger charge is 2.48. The Bertz CT molecular complexity index is 6590.